The normalized spacial score (nSPS) is 24.6. The maximum atomic E-state index is 13.8. The number of halogens is 5. The van der Waals surface area contributed by atoms with E-state index in [2.05, 4.69) is 0 Å². The second-order valence-electron chi connectivity index (χ2n) is 6.58. The summed E-state index contributed by atoms with van der Waals surface area (Å²) in [6.45, 7) is 3.05. The van der Waals surface area contributed by atoms with Gasteiger partial charge in [0.2, 0.25) is 11.7 Å². The number of nitrogens with zero attached hydrogens (tertiary/aromatic N) is 1. The largest absolute Gasteiger partial charge is 0.477 e. The second kappa shape index (κ2) is 7.80. The van der Waals surface area contributed by atoms with Crippen molar-refractivity contribution >= 4 is 35.4 Å². The van der Waals surface area contributed by atoms with E-state index in [9.17, 15) is 41.8 Å². The molecule has 1 aromatic rings. The van der Waals surface area contributed by atoms with Gasteiger partial charge in [-0.15, -0.1) is 23.5 Å². The third-order valence-corrected chi connectivity index (χ3v) is 7.36. The van der Waals surface area contributed by atoms with E-state index in [0.29, 0.717) is 11.8 Å². The Bertz CT molecular complexity index is 910. The number of fused-ring (bicyclic) bond motifs is 1. The number of benzene rings is 1. The highest BCUT2D eigenvalue weighted by Crippen LogP contribution is 2.51. The SMILES string of the molecule is C[C@@H](O)[C@H]1C(=O)N2C(C(=O)O)=C(SCSc3c(F)c(F)c(F)c(F)c3F)[C@H](C)[C@H]12. The molecule has 5 nitrogen and oxygen atoms in total. The second-order valence-corrected chi connectivity index (χ2v) is 8.95. The number of aliphatic carboxylic acids is 1. The van der Waals surface area contributed by atoms with Crippen LogP contribution in [0.4, 0.5) is 22.0 Å². The Balaban J connectivity index is 1.83. The Morgan fingerprint density at radius 2 is 1.59 bits per heavy atom. The van der Waals surface area contributed by atoms with Crippen molar-refractivity contribution in [1.29, 1.82) is 0 Å². The zero-order valence-electron chi connectivity index (χ0n) is 14.9. The van der Waals surface area contributed by atoms with Crippen LogP contribution in [0.5, 0.6) is 0 Å². The van der Waals surface area contributed by atoms with Crippen molar-refractivity contribution < 1.29 is 41.8 Å². The van der Waals surface area contributed by atoms with E-state index in [0.717, 1.165) is 16.7 Å². The van der Waals surface area contributed by atoms with Crippen LogP contribution in [0, 0.1) is 40.9 Å². The number of carbonyl (C=O) groups is 2. The van der Waals surface area contributed by atoms with Crippen LogP contribution < -0.4 is 0 Å². The van der Waals surface area contributed by atoms with Gasteiger partial charge >= 0.3 is 5.97 Å². The summed E-state index contributed by atoms with van der Waals surface area (Å²) in [5, 5.41) is 19.0. The van der Waals surface area contributed by atoms with E-state index >= 15 is 0 Å². The summed E-state index contributed by atoms with van der Waals surface area (Å²) in [4.78, 5) is 24.1. The summed E-state index contributed by atoms with van der Waals surface area (Å²) >= 11 is 1.16. The van der Waals surface area contributed by atoms with E-state index in [1.165, 1.54) is 6.92 Å². The molecule has 0 aliphatic carbocycles. The number of carbonyl (C=O) groups excluding carboxylic acids is 1. The maximum Gasteiger partial charge on any atom is 0.353 e. The lowest BCUT2D eigenvalue weighted by Gasteiger charge is -2.46. The first-order valence-corrected chi connectivity index (χ1v) is 10.2. The predicted octanol–water partition coefficient (Wildman–Crippen LogP) is 3.32. The molecule has 0 bridgehead atoms. The summed E-state index contributed by atoms with van der Waals surface area (Å²) in [7, 11) is 0. The van der Waals surface area contributed by atoms with Gasteiger partial charge in [-0.2, -0.15) is 0 Å². The minimum absolute atomic E-state index is 0.232. The average Bonchev–Trinajstić information content (AvgIpc) is 2.89. The average molecular weight is 455 g/mol. The summed E-state index contributed by atoms with van der Waals surface area (Å²) in [5.41, 5.74) is -0.299. The molecule has 0 saturated carbocycles. The lowest BCUT2D eigenvalue weighted by molar-refractivity contribution is -0.163. The molecule has 4 atom stereocenters. The number of rotatable bonds is 6. The van der Waals surface area contributed by atoms with Crippen molar-refractivity contribution in [1.82, 2.24) is 4.90 Å². The maximum absolute atomic E-state index is 13.8. The molecule has 2 heterocycles. The number of carboxylic acid groups (broad SMARTS) is 1. The molecule has 2 aliphatic heterocycles. The smallest absolute Gasteiger partial charge is 0.353 e. The fourth-order valence-electron chi connectivity index (χ4n) is 3.58. The number of aliphatic hydroxyl groups excluding tert-OH is 1. The molecule has 1 amide bonds. The molecule has 1 aromatic carbocycles. The van der Waals surface area contributed by atoms with Gasteiger partial charge in [0.1, 0.15) is 5.70 Å². The first kappa shape index (κ1) is 21.9. The minimum atomic E-state index is -2.26. The number of aliphatic hydroxyl groups is 1. The molecule has 3 rings (SSSR count). The van der Waals surface area contributed by atoms with E-state index < -0.39 is 69.8 Å². The zero-order valence-corrected chi connectivity index (χ0v) is 16.5. The highest BCUT2D eigenvalue weighted by molar-refractivity contribution is 8.17. The third-order valence-electron chi connectivity index (χ3n) is 4.90. The molecule has 1 saturated heterocycles. The van der Waals surface area contributed by atoms with Crippen LogP contribution in [0.25, 0.3) is 0 Å². The Morgan fingerprint density at radius 1 is 1.07 bits per heavy atom. The fourth-order valence-corrected chi connectivity index (χ4v) is 5.95. The molecule has 2 N–H and O–H groups in total. The molecule has 0 unspecified atom stereocenters. The molecule has 1 fully saturated rings. The quantitative estimate of drug-likeness (QED) is 0.171. The van der Waals surface area contributed by atoms with Gasteiger partial charge in [-0.3, -0.25) is 4.79 Å². The Hall–Kier alpha value is -1.79. The summed E-state index contributed by atoms with van der Waals surface area (Å²) in [6.07, 6.45) is -0.992. The van der Waals surface area contributed by atoms with E-state index in [-0.39, 0.29) is 15.7 Å². The van der Waals surface area contributed by atoms with Gasteiger partial charge in [0.25, 0.3) is 0 Å². The third kappa shape index (κ3) is 3.30. The number of carboxylic acids is 1. The van der Waals surface area contributed by atoms with E-state index in [1.807, 2.05) is 0 Å². The van der Waals surface area contributed by atoms with Crippen LogP contribution in [0.15, 0.2) is 15.5 Å². The minimum Gasteiger partial charge on any atom is -0.477 e. The van der Waals surface area contributed by atoms with Crippen molar-refractivity contribution in [2.45, 2.75) is 30.9 Å². The zero-order chi connectivity index (χ0) is 21.8. The van der Waals surface area contributed by atoms with Gasteiger partial charge < -0.3 is 15.1 Å². The molecule has 2 aliphatic rings. The number of β-lactam (4-membered cyclic amide) rings is 1. The summed E-state index contributed by atoms with van der Waals surface area (Å²) < 4.78 is 67.3. The summed E-state index contributed by atoms with van der Waals surface area (Å²) in [6, 6.07) is -0.574. The van der Waals surface area contributed by atoms with Crippen molar-refractivity contribution in [2.75, 3.05) is 5.08 Å². The number of amides is 1. The molecular weight excluding hydrogens is 441 g/mol. The first-order valence-electron chi connectivity index (χ1n) is 8.26. The van der Waals surface area contributed by atoms with Crippen molar-refractivity contribution in [3.05, 3.63) is 39.7 Å². The molecule has 0 aromatic heterocycles. The topological polar surface area (TPSA) is 77.8 Å². The van der Waals surface area contributed by atoms with Crippen LogP contribution in [-0.4, -0.2) is 44.2 Å². The van der Waals surface area contributed by atoms with Crippen molar-refractivity contribution in [3.63, 3.8) is 0 Å². The number of hydrogen-bond donors (Lipinski definition) is 2. The van der Waals surface area contributed by atoms with Crippen LogP contribution in [0.3, 0.4) is 0 Å². The van der Waals surface area contributed by atoms with Crippen LogP contribution in [0.2, 0.25) is 0 Å². The molecule has 0 radical (unpaired) electrons. The van der Waals surface area contributed by atoms with Gasteiger partial charge in [0, 0.05) is 15.9 Å². The Kier molecular flexibility index (Phi) is 5.89. The van der Waals surface area contributed by atoms with Gasteiger partial charge in [0.05, 0.1) is 23.0 Å². The monoisotopic (exact) mass is 455 g/mol. The van der Waals surface area contributed by atoms with Crippen LogP contribution in [0.1, 0.15) is 13.8 Å². The van der Waals surface area contributed by atoms with Gasteiger partial charge in [0.15, 0.2) is 23.3 Å². The first-order chi connectivity index (χ1) is 13.5. The fraction of sp³-hybridized carbons (Fsp3) is 0.412. The Labute approximate surface area is 169 Å². The molecule has 12 heteroatoms. The van der Waals surface area contributed by atoms with E-state index in [4.69, 9.17) is 0 Å². The molecule has 29 heavy (non-hydrogen) atoms. The molecule has 0 spiro atoms. The van der Waals surface area contributed by atoms with Crippen molar-refractivity contribution in [3.8, 4) is 0 Å². The van der Waals surface area contributed by atoms with Gasteiger partial charge in [-0.25, -0.2) is 26.7 Å². The van der Waals surface area contributed by atoms with Crippen molar-refractivity contribution in [2.24, 2.45) is 11.8 Å². The molecular formula is C17H14F5NO4S2. The van der Waals surface area contributed by atoms with Gasteiger partial charge in [-0.1, -0.05) is 6.92 Å². The highest BCUT2D eigenvalue weighted by Gasteiger charge is 2.59. The number of thioether (sulfide) groups is 2. The number of hydrogen-bond acceptors (Lipinski definition) is 5. The highest BCUT2D eigenvalue weighted by atomic mass is 32.2. The lowest BCUT2D eigenvalue weighted by atomic mass is 9.79. The Morgan fingerprint density at radius 3 is 2.07 bits per heavy atom. The predicted molar refractivity (Wildman–Crippen MR) is 94.2 cm³/mol. The van der Waals surface area contributed by atoms with E-state index in [1.54, 1.807) is 6.92 Å². The molecule has 158 valence electrons. The lowest BCUT2D eigenvalue weighted by Crippen LogP contribution is -2.63. The van der Waals surface area contributed by atoms with Crippen LogP contribution >= 0.6 is 23.5 Å². The van der Waals surface area contributed by atoms with Gasteiger partial charge in [-0.05, 0) is 6.92 Å². The van der Waals surface area contributed by atoms with Crippen LogP contribution in [-0.2, 0) is 9.59 Å². The standard InChI is InChI=1S/C17H14F5NO4S2/c1-4-12-6(5(2)24)16(25)23(12)13(17(26)27)14(4)28-3-29-15-10(21)8(19)7(18)9(20)11(15)22/h4-6,12,24H,3H2,1-2H3,(H,26,27)/t4-,5-,6-,12-/m1/s1. The summed E-state index contributed by atoms with van der Waals surface area (Å²) in [5.74, 6) is -13.5.